The maximum absolute atomic E-state index is 4.29. The van der Waals surface area contributed by atoms with Crippen LogP contribution in [0.25, 0.3) is 0 Å². The van der Waals surface area contributed by atoms with Gasteiger partial charge in [-0.2, -0.15) is 0 Å². The molecule has 88 valence electrons. The van der Waals surface area contributed by atoms with Gasteiger partial charge in [-0.3, -0.25) is 4.98 Å². The summed E-state index contributed by atoms with van der Waals surface area (Å²) in [7, 11) is 1.94. The van der Waals surface area contributed by atoms with Gasteiger partial charge in [0.1, 0.15) is 0 Å². The fraction of sp³-hybridized carbons (Fsp3) is 0.615. The molecule has 0 aliphatic heterocycles. The van der Waals surface area contributed by atoms with E-state index in [9.17, 15) is 0 Å². The maximum atomic E-state index is 4.29. The molecule has 1 aliphatic carbocycles. The highest BCUT2D eigenvalue weighted by molar-refractivity contribution is 5.56. The molecule has 0 saturated heterocycles. The number of pyridine rings is 1. The summed E-state index contributed by atoms with van der Waals surface area (Å²) >= 11 is 0. The van der Waals surface area contributed by atoms with Crippen LogP contribution >= 0.6 is 0 Å². The number of hydrogen-bond donors (Lipinski definition) is 1. The lowest BCUT2D eigenvalue weighted by atomic mass is 10.2. The van der Waals surface area contributed by atoms with Crippen LogP contribution in [-0.2, 0) is 0 Å². The Kier molecular flexibility index (Phi) is 3.32. The number of aromatic nitrogens is 1. The number of anilines is 2. The quantitative estimate of drug-likeness (QED) is 0.825. The van der Waals surface area contributed by atoms with Crippen molar-refractivity contribution in [3.05, 3.63) is 18.5 Å². The van der Waals surface area contributed by atoms with E-state index in [1.165, 1.54) is 18.5 Å². The Morgan fingerprint density at radius 3 is 2.75 bits per heavy atom. The van der Waals surface area contributed by atoms with Gasteiger partial charge in [0.2, 0.25) is 0 Å². The Hall–Kier alpha value is -1.25. The largest absolute Gasteiger partial charge is 0.387 e. The van der Waals surface area contributed by atoms with Crippen LogP contribution in [0.5, 0.6) is 0 Å². The molecule has 1 aromatic heterocycles. The van der Waals surface area contributed by atoms with Crippen molar-refractivity contribution >= 4 is 11.4 Å². The minimum Gasteiger partial charge on any atom is -0.387 e. The number of hydrogen-bond acceptors (Lipinski definition) is 3. The van der Waals surface area contributed by atoms with Gasteiger partial charge in [-0.1, -0.05) is 13.8 Å². The third-order valence-corrected chi connectivity index (χ3v) is 2.89. The standard InChI is InChI=1S/C13H21N3/c1-10(2)9-16(12-4-5-12)13-6-11(14-3)7-15-8-13/h6-8,10,12,14H,4-5,9H2,1-3H3. The molecule has 1 saturated carbocycles. The van der Waals surface area contributed by atoms with Crippen LogP contribution in [0.4, 0.5) is 11.4 Å². The van der Waals surface area contributed by atoms with E-state index in [-0.39, 0.29) is 0 Å². The molecule has 0 aromatic carbocycles. The second kappa shape index (κ2) is 4.73. The Bertz CT molecular complexity index is 345. The second-order valence-corrected chi connectivity index (χ2v) is 4.96. The van der Waals surface area contributed by atoms with Crippen molar-refractivity contribution in [2.45, 2.75) is 32.7 Å². The normalized spacial score (nSPS) is 15.2. The summed E-state index contributed by atoms with van der Waals surface area (Å²) < 4.78 is 0. The summed E-state index contributed by atoms with van der Waals surface area (Å²) in [5.74, 6) is 0.693. The van der Waals surface area contributed by atoms with Gasteiger partial charge in [0.15, 0.2) is 0 Å². The Labute approximate surface area is 97.9 Å². The van der Waals surface area contributed by atoms with Crippen LogP contribution in [0.3, 0.4) is 0 Å². The first-order chi connectivity index (χ1) is 7.70. The van der Waals surface area contributed by atoms with E-state index in [1.54, 1.807) is 0 Å². The fourth-order valence-corrected chi connectivity index (χ4v) is 1.97. The van der Waals surface area contributed by atoms with Gasteiger partial charge in [0, 0.05) is 19.6 Å². The molecule has 0 atom stereocenters. The number of rotatable bonds is 5. The van der Waals surface area contributed by atoms with Gasteiger partial charge in [0.25, 0.3) is 0 Å². The maximum Gasteiger partial charge on any atom is 0.0576 e. The first-order valence-electron chi connectivity index (χ1n) is 6.10. The van der Waals surface area contributed by atoms with Crippen molar-refractivity contribution in [1.29, 1.82) is 0 Å². The van der Waals surface area contributed by atoms with Crippen LogP contribution < -0.4 is 10.2 Å². The predicted molar refractivity (Wildman–Crippen MR) is 69.0 cm³/mol. The molecular formula is C13H21N3. The number of nitrogens with zero attached hydrogens (tertiary/aromatic N) is 2. The molecular weight excluding hydrogens is 198 g/mol. The molecule has 0 spiro atoms. The minimum atomic E-state index is 0.693. The third-order valence-electron chi connectivity index (χ3n) is 2.89. The van der Waals surface area contributed by atoms with E-state index in [2.05, 4.69) is 35.1 Å². The Morgan fingerprint density at radius 2 is 2.19 bits per heavy atom. The van der Waals surface area contributed by atoms with Crippen LogP contribution in [-0.4, -0.2) is 24.6 Å². The van der Waals surface area contributed by atoms with Gasteiger partial charge in [-0.05, 0) is 24.8 Å². The Balaban J connectivity index is 2.16. The van der Waals surface area contributed by atoms with E-state index in [1.807, 2.05) is 19.4 Å². The van der Waals surface area contributed by atoms with Crippen molar-refractivity contribution in [2.75, 3.05) is 23.8 Å². The van der Waals surface area contributed by atoms with Crippen LogP contribution in [0.1, 0.15) is 26.7 Å². The SMILES string of the molecule is CNc1cncc(N(CC(C)C)C2CC2)c1. The topological polar surface area (TPSA) is 28.2 Å². The van der Waals surface area contributed by atoms with Crippen LogP contribution in [0.15, 0.2) is 18.5 Å². The van der Waals surface area contributed by atoms with E-state index in [0.29, 0.717) is 5.92 Å². The van der Waals surface area contributed by atoms with Crippen molar-refractivity contribution in [3.63, 3.8) is 0 Å². The lowest BCUT2D eigenvalue weighted by Gasteiger charge is -2.26. The predicted octanol–water partition coefficient (Wildman–Crippen LogP) is 2.75. The molecule has 3 heteroatoms. The molecule has 0 amide bonds. The van der Waals surface area contributed by atoms with Gasteiger partial charge >= 0.3 is 0 Å². The van der Waals surface area contributed by atoms with E-state index in [4.69, 9.17) is 0 Å². The second-order valence-electron chi connectivity index (χ2n) is 4.96. The minimum absolute atomic E-state index is 0.693. The summed E-state index contributed by atoms with van der Waals surface area (Å²) in [6.07, 6.45) is 6.50. The molecule has 0 bridgehead atoms. The van der Waals surface area contributed by atoms with Crippen molar-refractivity contribution in [1.82, 2.24) is 4.98 Å². The van der Waals surface area contributed by atoms with Crippen LogP contribution in [0, 0.1) is 5.92 Å². The zero-order valence-corrected chi connectivity index (χ0v) is 10.4. The van der Waals surface area contributed by atoms with Gasteiger partial charge in [0.05, 0.1) is 23.8 Å². The van der Waals surface area contributed by atoms with Crippen LogP contribution in [0.2, 0.25) is 0 Å². The van der Waals surface area contributed by atoms with Crippen molar-refractivity contribution in [3.8, 4) is 0 Å². The first-order valence-corrected chi connectivity index (χ1v) is 6.10. The van der Waals surface area contributed by atoms with E-state index < -0.39 is 0 Å². The molecule has 1 fully saturated rings. The zero-order valence-electron chi connectivity index (χ0n) is 10.4. The van der Waals surface area contributed by atoms with Crippen molar-refractivity contribution < 1.29 is 0 Å². The number of nitrogens with one attached hydrogen (secondary N) is 1. The highest BCUT2D eigenvalue weighted by atomic mass is 15.2. The smallest absolute Gasteiger partial charge is 0.0576 e. The molecule has 1 heterocycles. The first kappa shape index (κ1) is 11.2. The van der Waals surface area contributed by atoms with E-state index in [0.717, 1.165) is 18.3 Å². The molecule has 0 unspecified atom stereocenters. The summed E-state index contributed by atoms with van der Waals surface area (Å²) in [6.45, 7) is 5.66. The van der Waals surface area contributed by atoms with Gasteiger partial charge < -0.3 is 10.2 Å². The molecule has 2 rings (SSSR count). The lowest BCUT2D eigenvalue weighted by Crippen LogP contribution is -2.29. The zero-order chi connectivity index (χ0) is 11.5. The highest BCUT2D eigenvalue weighted by Gasteiger charge is 2.29. The summed E-state index contributed by atoms with van der Waals surface area (Å²) in [5, 5.41) is 3.15. The van der Waals surface area contributed by atoms with Gasteiger partial charge in [-0.25, -0.2) is 0 Å². The van der Waals surface area contributed by atoms with E-state index >= 15 is 0 Å². The summed E-state index contributed by atoms with van der Waals surface area (Å²) in [4.78, 5) is 6.79. The molecule has 0 radical (unpaired) electrons. The van der Waals surface area contributed by atoms with Gasteiger partial charge in [-0.15, -0.1) is 0 Å². The fourth-order valence-electron chi connectivity index (χ4n) is 1.97. The average Bonchev–Trinajstić information content (AvgIpc) is 3.09. The molecule has 3 nitrogen and oxygen atoms in total. The highest BCUT2D eigenvalue weighted by Crippen LogP contribution is 2.32. The molecule has 1 N–H and O–H groups in total. The lowest BCUT2D eigenvalue weighted by molar-refractivity contribution is 0.607. The average molecular weight is 219 g/mol. The summed E-state index contributed by atoms with van der Waals surface area (Å²) in [5.41, 5.74) is 2.34. The van der Waals surface area contributed by atoms with Crippen molar-refractivity contribution in [2.24, 2.45) is 5.92 Å². The summed E-state index contributed by atoms with van der Waals surface area (Å²) in [6, 6.07) is 2.93. The monoisotopic (exact) mass is 219 g/mol. The Morgan fingerprint density at radius 1 is 1.44 bits per heavy atom. The molecule has 1 aliphatic rings. The molecule has 1 aromatic rings. The molecule has 16 heavy (non-hydrogen) atoms. The third kappa shape index (κ3) is 2.65.